The smallest absolute Gasteiger partial charge is 0.451 e. The number of hydrogen-bond acceptors (Lipinski definition) is 5. The molecule has 1 aromatic rings. The lowest BCUT2D eigenvalue weighted by atomic mass is 9.74. The van der Waals surface area contributed by atoms with Crippen LogP contribution in [0.5, 0.6) is 0 Å². The van der Waals surface area contributed by atoms with Gasteiger partial charge in [-0.15, -0.1) is 0 Å². The van der Waals surface area contributed by atoms with Gasteiger partial charge < -0.3 is 25.8 Å². The Labute approximate surface area is 176 Å². The van der Waals surface area contributed by atoms with Crippen LogP contribution in [-0.4, -0.2) is 58.3 Å². The summed E-state index contributed by atoms with van der Waals surface area (Å²) in [7, 11) is -1.35. The number of hydrogen-bond donors (Lipinski definition) is 4. The lowest BCUT2D eigenvalue weighted by molar-refractivity contribution is -0.147. The van der Waals surface area contributed by atoms with Crippen LogP contribution in [0.3, 0.4) is 0 Å². The molecule has 156 valence electrons. The summed E-state index contributed by atoms with van der Waals surface area (Å²) in [6, 6.07) is 5.49. The minimum atomic E-state index is -1.35. The normalized spacial score (nSPS) is 18.0. The van der Waals surface area contributed by atoms with Crippen LogP contribution in [0, 0.1) is 5.92 Å². The number of halogens is 2. The van der Waals surface area contributed by atoms with Gasteiger partial charge in [-0.3, -0.25) is 4.79 Å². The fraction of sp³-hybridized carbons (Fsp3) is 0.632. The Balaban J connectivity index is 1.85. The second-order valence-corrected chi connectivity index (χ2v) is 8.45. The van der Waals surface area contributed by atoms with Gasteiger partial charge in [0.15, 0.2) is 0 Å². The van der Waals surface area contributed by atoms with Crippen molar-refractivity contribution in [2.45, 2.75) is 50.4 Å². The van der Waals surface area contributed by atoms with Gasteiger partial charge in [0, 0.05) is 16.6 Å². The van der Waals surface area contributed by atoms with Crippen molar-refractivity contribution in [1.82, 2.24) is 4.90 Å². The van der Waals surface area contributed by atoms with Gasteiger partial charge in [0.05, 0.1) is 0 Å². The number of aliphatic carboxylic acids is 1. The minimum Gasteiger partial charge on any atom is -0.480 e. The van der Waals surface area contributed by atoms with Gasteiger partial charge in [-0.1, -0.05) is 42.1 Å². The van der Waals surface area contributed by atoms with Gasteiger partial charge in [-0.25, -0.2) is 0 Å². The van der Waals surface area contributed by atoms with Crippen molar-refractivity contribution in [2.75, 3.05) is 19.6 Å². The molecule has 2 rings (SSSR count). The van der Waals surface area contributed by atoms with E-state index in [0.717, 1.165) is 44.5 Å². The Hall–Kier alpha value is -0.825. The molecule has 0 aliphatic carbocycles. The molecular weight excluding hydrogens is 402 g/mol. The van der Waals surface area contributed by atoms with Crippen molar-refractivity contribution >= 4 is 36.3 Å². The van der Waals surface area contributed by atoms with Crippen LogP contribution in [-0.2, 0) is 11.2 Å². The summed E-state index contributed by atoms with van der Waals surface area (Å²) in [5.41, 5.74) is 5.98. The Morgan fingerprint density at radius 2 is 1.82 bits per heavy atom. The maximum Gasteiger partial charge on any atom is 0.451 e. The molecule has 0 bridgehead atoms. The number of unbranched alkanes of at least 4 members (excludes halogenated alkanes) is 1. The first-order chi connectivity index (χ1) is 13.2. The molecule has 0 saturated carbocycles. The number of carboxylic acids is 1. The maximum absolute atomic E-state index is 11.8. The predicted molar refractivity (Wildman–Crippen MR) is 113 cm³/mol. The zero-order valence-corrected chi connectivity index (χ0v) is 17.5. The lowest BCUT2D eigenvalue weighted by Gasteiger charge is -2.40. The molecule has 1 unspecified atom stereocenters. The van der Waals surface area contributed by atoms with Crippen LogP contribution in [0.1, 0.15) is 37.7 Å². The van der Waals surface area contributed by atoms with E-state index in [1.165, 1.54) is 0 Å². The molecule has 5 N–H and O–H groups in total. The van der Waals surface area contributed by atoms with Crippen LogP contribution in [0.2, 0.25) is 16.4 Å². The van der Waals surface area contributed by atoms with E-state index in [-0.39, 0.29) is 12.2 Å². The molecule has 1 aliphatic rings. The van der Waals surface area contributed by atoms with Gasteiger partial charge in [0.2, 0.25) is 0 Å². The number of nitrogens with two attached hydrogens (primary N) is 1. The first kappa shape index (κ1) is 23.5. The van der Waals surface area contributed by atoms with Crippen LogP contribution < -0.4 is 5.73 Å². The van der Waals surface area contributed by atoms with E-state index in [1.807, 2.05) is 18.2 Å². The molecule has 1 aliphatic heterocycles. The largest absolute Gasteiger partial charge is 0.480 e. The molecule has 1 fully saturated rings. The maximum atomic E-state index is 11.8. The summed E-state index contributed by atoms with van der Waals surface area (Å²) in [4.78, 5) is 14.1. The van der Waals surface area contributed by atoms with Gasteiger partial charge in [0.1, 0.15) is 5.54 Å². The van der Waals surface area contributed by atoms with E-state index in [9.17, 15) is 9.90 Å². The summed E-state index contributed by atoms with van der Waals surface area (Å²) in [5.74, 6) is -1.07. The third-order valence-electron chi connectivity index (χ3n) is 5.76. The highest BCUT2D eigenvalue weighted by Gasteiger charge is 2.42. The van der Waals surface area contributed by atoms with E-state index in [4.69, 9.17) is 39.0 Å². The SMILES string of the molecule is NC(CCCCB(O)O)(C(=O)O)C1CCN(CCc2c(Cl)cccc2Cl)CC1. The number of likely N-dealkylation sites (tertiary alicyclic amines) is 1. The van der Waals surface area contributed by atoms with Crippen molar-refractivity contribution in [3.63, 3.8) is 0 Å². The molecule has 9 heteroatoms. The highest BCUT2D eigenvalue weighted by Crippen LogP contribution is 2.32. The van der Waals surface area contributed by atoms with E-state index in [0.29, 0.717) is 29.3 Å². The topological polar surface area (TPSA) is 107 Å². The van der Waals surface area contributed by atoms with Crippen LogP contribution in [0.15, 0.2) is 18.2 Å². The highest BCUT2D eigenvalue weighted by atomic mass is 35.5. The molecule has 0 amide bonds. The monoisotopic (exact) mass is 430 g/mol. The Morgan fingerprint density at radius 1 is 1.21 bits per heavy atom. The van der Waals surface area contributed by atoms with Crippen LogP contribution >= 0.6 is 23.2 Å². The fourth-order valence-electron chi connectivity index (χ4n) is 3.94. The van der Waals surface area contributed by atoms with Crippen molar-refractivity contribution in [3.8, 4) is 0 Å². The van der Waals surface area contributed by atoms with E-state index in [2.05, 4.69) is 4.90 Å². The number of carbonyl (C=O) groups is 1. The van der Waals surface area contributed by atoms with Crippen molar-refractivity contribution < 1.29 is 19.9 Å². The first-order valence-electron chi connectivity index (χ1n) is 9.77. The van der Waals surface area contributed by atoms with Crippen molar-refractivity contribution in [1.29, 1.82) is 0 Å². The third-order valence-corrected chi connectivity index (χ3v) is 6.46. The Bertz CT molecular complexity index is 637. The molecule has 0 aromatic heterocycles. The minimum absolute atomic E-state index is 0.0933. The molecule has 6 nitrogen and oxygen atoms in total. The van der Waals surface area contributed by atoms with Crippen molar-refractivity contribution in [3.05, 3.63) is 33.8 Å². The summed E-state index contributed by atoms with van der Waals surface area (Å²) in [6.45, 7) is 2.39. The predicted octanol–water partition coefficient (Wildman–Crippen LogP) is 2.67. The number of carboxylic acid groups (broad SMARTS) is 1. The quantitative estimate of drug-likeness (QED) is 0.335. The Kier molecular flexibility index (Phi) is 9.05. The van der Waals surface area contributed by atoms with Gasteiger partial charge in [-0.2, -0.15) is 0 Å². The molecular formula is C19H29BCl2N2O4. The third kappa shape index (κ3) is 6.34. The zero-order valence-electron chi connectivity index (χ0n) is 16.0. The summed E-state index contributed by atoms with van der Waals surface area (Å²) >= 11 is 12.5. The molecule has 0 radical (unpaired) electrons. The average Bonchev–Trinajstić information content (AvgIpc) is 2.65. The summed E-state index contributed by atoms with van der Waals surface area (Å²) in [6.07, 6.45) is 3.88. The zero-order chi connectivity index (χ0) is 20.7. The summed E-state index contributed by atoms with van der Waals surface area (Å²) < 4.78 is 0. The molecule has 0 spiro atoms. The fourth-order valence-corrected chi connectivity index (χ4v) is 4.53. The average molecular weight is 431 g/mol. The number of piperidine rings is 1. The first-order valence-corrected chi connectivity index (χ1v) is 10.5. The lowest BCUT2D eigenvalue weighted by Crippen LogP contribution is -2.57. The molecule has 1 aromatic carbocycles. The van der Waals surface area contributed by atoms with Gasteiger partial charge in [-0.05, 0) is 68.7 Å². The second-order valence-electron chi connectivity index (χ2n) is 7.64. The van der Waals surface area contributed by atoms with Crippen LogP contribution in [0.4, 0.5) is 0 Å². The van der Waals surface area contributed by atoms with E-state index >= 15 is 0 Å². The van der Waals surface area contributed by atoms with Gasteiger partial charge in [0.25, 0.3) is 0 Å². The van der Waals surface area contributed by atoms with E-state index in [1.54, 1.807) is 0 Å². The number of nitrogens with zero attached hydrogens (tertiary/aromatic N) is 1. The number of rotatable bonds is 10. The molecule has 1 saturated heterocycles. The Morgan fingerprint density at radius 3 is 2.36 bits per heavy atom. The standard InChI is InChI=1S/C19H29BCl2N2O4/c21-16-4-3-5-17(22)15(16)8-13-24-11-6-14(7-12-24)19(23,18(25)26)9-1-2-10-20(27)28/h3-5,14,27-28H,1-2,6-13,23H2,(H,25,26). The summed E-state index contributed by atoms with van der Waals surface area (Å²) in [5, 5.41) is 28.9. The number of benzene rings is 1. The van der Waals surface area contributed by atoms with Crippen molar-refractivity contribution in [2.24, 2.45) is 11.7 Å². The highest BCUT2D eigenvalue weighted by molar-refractivity contribution is 6.40. The molecule has 1 atom stereocenters. The van der Waals surface area contributed by atoms with E-state index < -0.39 is 18.6 Å². The van der Waals surface area contributed by atoms with Crippen LogP contribution in [0.25, 0.3) is 0 Å². The van der Waals surface area contributed by atoms with Gasteiger partial charge >= 0.3 is 13.1 Å². The molecule has 28 heavy (non-hydrogen) atoms. The second kappa shape index (κ2) is 10.8. The molecule has 1 heterocycles.